The Morgan fingerprint density at radius 1 is 1.40 bits per heavy atom. The number of ether oxygens (including phenoxy) is 1. The first-order chi connectivity index (χ1) is 9.21. The van der Waals surface area contributed by atoms with E-state index in [1.807, 2.05) is 27.8 Å². The topological polar surface area (TPSA) is 42.8 Å². The van der Waals surface area contributed by atoms with Crippen LogP contribution in [0.4, 0.5) is 4.39 Å². The number of benzene rings is 1. The third kappa shape index (κ3) is 5.57. The molecule has 4 nitrogen and oxygen atoms in total. The van der Waals surface area contributed by atoms with Crippen LogP contribution in [-0.2, 0) is 11.3 Å². The van der Waals surface area contributed by atoms with Crippen molar-refractivity contribution in [1.29, 1.82) is 0 Å². The third-order valence-electron chi connectivity index (χ3n) is 2.71. The smallest absolute Gasteiger partial charge is 0.275 e. The summed E-state index contributed by atoms with van der Waals surface area (Å²) in [7, 11) is 3.45. The first-order valence-electron chi connectivity index (χ1n) is 6.66. The maximum absolute atomic E-state index is 13.3. The van der Waals surface area contributed by atoms with Crippen LogP contribution in [0, 0.1) is 5.82 Å². The average molecular weight is 283 g/mol. The monoisotopic (exact) mass is 283 g/mol. The van der Waals surface area contributed by atoms with Gasteiger partial charge in [-0.1, -0.05) is 0 Å². The number of carbonyl (C=O) groups is 1. The van der Waals surface area contributed by atoms with Crippen molar-refractivity contribution < 1.29 is 18.8 Å². The molecule has 0 aliphatic carbocycles. The van der Waals surface area contributed by atoms with E-state index in [9.17, 15) is 9.18 Å². The number of carbonyl (C=O) groups excluding carboxylic acids is 1. The fraction of sp³-hybridized carbons (Fsp3) is 0.533. The number of methoxy groups -OCH3 is 1. The SMILES string of the molecule is COc1ccc(F)cc1C[NH+](C)CC(=O)NC(C)(C)C. The van der Waals surface area contributed by atoms with Crippen molar-refractivity contribution in [3.63, 3.8) is 0 Å². The van der Waals surface area contributed by atoms with Gasteiger partial charge in [-0.2, -0.15) is 0 Å². The van der Waals surface area contributed by atoms with Gasteiger partial charge in [0.05, 0.1) is 19.7 Å². The van der Waals surface area contributed by atoms with Gasteiger partial charge in [0.15, 0.2) is 6.54 Å². The molecule has 1 aromatic rings. The van der Waals surface area contributed by atoms with Crippen LogP contribution in [0.25, 0.3) is 0 Å². The quantitative estimate of drug-likeness (QED) is 0.838. The molecule has 0 spiro atoms. The van der Waals surface area contributed by atoms with Crippen LogP contribution in [-0.4, -0.2) is 32.1 Å². The molecule has 0 fully saturated rings. The molecule has 0 radical (unpaired) electrons. The van der Waals surface area contributed by atoms with E-state index in [1.165, 1.54) is 12.1 Å². The number of halogens is 1. The van der Waals surface area contributed by atoms with E-state index in [4.69, 9.17) is 4.74 Å². The molecular formula is C15H24FN2O2+. The van der Waals surface area contributed by atoms with Gasteiger partial charge in [-0.25, -0.2) is 4.39 Å². The van der Waals surface area contributed by atoms with Crippen LogP contribution in [0.3, 0.4) is 0 Å². The van der Waals surface area contributed by atoms with Gasteiger partial charge in [-0.05, 0) is 39.0 Å². The van der Waals surface area contributed by atoms with Crippen LogP contribution in [0.2, 0.25) is 0 Å². The molecule has 0 aliphatic heterocycles. The van der Waals surface area contributed by atoms with Crippen molar-refractivity contribution in [2.24, 2.45) is 0 Å². The van der Waals surface area contributed by atoms with Gasteiger partial charge < -0.3 is 15.0 Å². The summed E-state index contributed by atoms with van der Waals surface area (Å²) in [5.41, 5.74) is 0.516. The summed E-state index contributed by atoms with van der Waals surface area (Å²) in [5, 5.41) is 2.91. The molecule has 0 bridgehead atoms. The molecule has 1 amide bonds. The van der Waals surface area contributed by atoms with Gasteiger partial charge in [0.1, 0.15) is 18.1 Å². The van der Waals surface area contributed by atoms with E-state index in [2.05, 4.69) is 5.32 Å². The van der Waals surface area contributed by atoms with E-state index in [0.717, 1.165) is 10.5 Å². The summed E-state index contributed by atoms with van der Waals surface area (Å²) in [4.78, 5) is 12.8. The first kappa shape index (κ1) is 16.4. The number of rotatable bonds is 5. The second-order valence-corrected chi connectivity index (χ2v) is 6.07. The van der Waals surface area contributed by atoms with E-state index in [1.54, 1.807) is 13.2 Å². The van der Waals surface area contributed by atoms with Gasteiger partial charge in [-0.3, -0.25) is 4.79 Å². The highest BCUT2D eigenvalue weighted by molar-refractivity contribution is 5.77. The van der Waals surface area contributed by atoms with Crippen LogP contribution in [0.15, 0.2) is 18.2 Å². The minimum Gasteiger partial charge on any atom is -0.496 e. The number of likely N-dealkylation sites (N-methyl/N-ethyl adjacent to an activating group) is 1. The summed E-state index contributed by atoms with van der Waals surface area (Å²) in [6, 6.07) is 4.42. The predicted octanol–water partition coefficient (Wildman–Crippen LogP) is 0.764. The summed E-state index contributed by atoms with van der Waals surface area (Å²) >= 11 is 0. The van der Waals surface area contributed by atoms with Crippen LogP contribution >= 0.6 is 0 Å². The average Bonchev–Trinajstić information content (AvgIpc) is 2.26. The molecule has 0 heterocycles. The number of hydrogen-bond acceptors (Lipinski definition) is 2. The lowest BCUT2D eigenvalue weighted by atomic mass is 10.1. The zero-order chi connectivity index (χ0) is 15.3. The van der Waals surface area contributed by atoms with Crippen molar-refractivity contribution in [2.75, 3.05) is 20.7 Å². The normalized spacial score (nSPS) is 12.9. The summed E-state index contributed by atoms with van der Waals surface area (Å²) in [6.07, 6.45) is 0. The number of nitrogens with one attached hydrogen (secondary N) is 2. The van der Waals surface area contributed by atoms with Crippen LogP contribution in [0.1, 0.15) is 26.3 Å². The Kier molecular flexibility index (Phi) is 5.51. The molecular weight excluding hydrogens is 259 g/mol. The minimum absolute atomic E-state index is 0.0228. The highest BCUT2D eigenvalue weighted by Gasteiger charge is 2.18. The zero-order valence-electron chi connectivity index (χ0n) is 12.8. The Morgan fingerprint density at radius 2 is 2.05 bits per heavy atom. The molecule has 1 aromatic carbocycles. The molecule has 20 heavy (non-hydrogen) atoms. The lowest BCUT2D eigenvalue weighted by molar-refractivity contribution is -0.885. The molecule has 0 aromatic heterocycles. The van der Waals surface area contributed by atoms with E-state index < -0.39 is 0 Å². The maximum Gasteiger partial charge on any atom is 0.275 e. The van der Waals surface area contributed by atoms with Gasteiger partial charge >= 0.3 is 0 Å². The van der Waals surface area contributed by atoms with E-state index in [0.29, 0.717) is 18.8 Å². The van der Waals surface area contributed by atoms with Crippen molar-refractivity contribution in [3.05, 3.63) is 29.6 Å². The summed E-state index contributed by atoms with van der Waals surface area (Å²) in [5.74, 6) is 0.320. The van der Waals surface area contributed by atoms with Gasteiger partial charge in [-0.15, -0.1) is 0 Å². The van der Waals surface area contributed by atoms with E-state index in [-0.39, 0.29) is 17.3 Å². The molecule has 0 aliphatic rings. The van der Waals surface area contributed by atoms with Crippen molar-refractivity contribution in [3.8, 4) is 5.75 Å². The molecule has 1 rings (SSSR count). The first-order valence-corrected chi connectivity index (χ1v) is 6.66. The molecule has 1 atom stereocenters. The molecule has 2 N–H and O–H groups in total. The van der Waals surface area contributed by atoms with Crippen molar-refractivity contribution in [1.82, 2.24) is 5.32 Å². The Morgan fingerprint density at radius 3 is 2.60 bits per heavy atom. The number of quaternary nitrogens is 1. The third-order valence-corrected chi connectivity index (χ3v) is 2.71. The Bertz CT molecular complexity index is 469. The van der Waals surface area contributed by atoms with Crippen molar-refractivity contribution >= 4 is 5.91 Å². The second kappa shape index (κ2) is 6.70. The van der Waals surface area contributed by atoms with E-state index >= 15 is 0 Å². The van der Waals surface area contributed by atoms with Gasteiger partial charge in [0.2, 0.25) is 0 Å². The molecule has 0 saturated carbocycles. The lowest BCUT2D eigenvalue weighted by Crippen LogP contribution is -3.09. The Balaban J connectivity index is 2.64. The van der Waals surface area contributed by atoms with Crippen LogP contribution in [0.5, 0.6) is 5.75 Å². The molecule has 5 heteroatoms. The maximum atomic E-state index is 13.3. The summed E-state index contributed by atoms with van der Waals surface area (Å²) in [6.45, 7) is 6.68. The molecule has 1 unspecified atom stereocenters. The number of hydrogen-bond donors (Lipinski definition) is 2. The standard InChI is InChI=1S/C15H23FN2O2/c1-15(2,3)17-14(19)10-18(4)9-11-8-12(16)6-7-13(11)20-5/h6-8H,9-10H2,1-5H3,(H,17,19)/p+1. The Labute approximate surface area is 119 Å². The van der Waals surface area contributed by atoms with Gasteiger partial charge in [0.25, 0.3) is 5.91 Å². The highest BCUT2D eigenvalue weighted by Crippen LogP contribution is 2.18. The molecule has 0 saturated heterocycles. The zero-order valence-corrected chi connectivity index (χ0v) is 12.8. The Hall–Kier alpha value is -1.62. The molecule has 112 valence electrons. The summed E-state index contributed by atoms with van der Waals surface area (Å²) < 4.78 is 18.5. The number of amides is 1. The lowest BCUT2D eigenvalue weighted by Gasteiger charge is -2.22. The minimum atomic E-state index is -0.298. The largest absolute Gasteiger partial charge is 0.496 e. The second-order valence-electron chi connectivity index (χ2n) is 6.07. The highest BCUT2D eigenvalue weighted by atomic mass is 19.1. The van der Waals surface area contributed by atoms with Gasteiger partial charge in [0, 0.05) is 5.54 Å². The van der Waals surface area contributed by atoms with Crippen molar-refractivity contribution in [2.45, 2.75) is 32.9 Å². The fourth-order valence-corrected chi connectivity index (χ4v) is 2.01. The van der Waals surface area contributed by atoms with Crippen LogP contribution < -0.4 is 15.0 Å². The fourth-order valence-electron chi connectivity index (χ4n) is 2.01. The predicted molar refractivity (Wildman–Crippen MR) is 76.3 cm³/mol.